The Bertz CT molecular complexity index is 572. The van der Waals surface area contributed by atoms with E-state index in [1.54, 1.807) is 0 Å². The van der Waals surface area contributed by atoms with Gasteiger partial charge in [-0.05, 0) is 49.9 Å². The van der Waals surface area contributed by atoms with Crippen molar-refractivity contribution in [3.63, 3.8) is 0 Å². The average Bonchev–Trinajstić information content (AvgIpc) is 2.79. The van der Waals surface area contributed by atoms with Gasteiger partial charge in [-0.1, -0.05) is 13.8 Å². The zero-order valence-electron chi connectivity index (χ0n) is 14.2. The van der Waals surface area contributed by atoms with E-state index in [1.165, 1.54) is 0 Å². The van der Waals surface area contributed by atoms with Crippen molar-refractivity contribution in [2.24, 2.45) is 28.6 Å². The quantitative estimate of drug-likeness (QED) is 0.718. The van der Waals surface area contributed by atoms with Crippen molar-refractivity contribution in [1.29, 1.82) is 0 Å². The van der Waals surface area contributed by atoms with Gasteiger partial charge in [0.15, 0.2) is 5.78 Å². The number of aliphatic hydroxyl groups excluding tert-OH is 1. The van der Waals surface area contributed by atoms with Crippen LogP contribution < -0.4 is 0 Å². The van der Waals surface area contributed by atoms with E-state index in [2.05, 4.69) is 13.8 Å². The molecule has 4 aliphatic rings. The first-order valence-electron chi connectivity index (χ1n) is 9.19. The van der Waals surface area contributed by atoms with Gasteiger partial charge >= 0.3 is 0 Å². The first-order chi connectivity index (χ1) is 10.7. The number of rotatable bonds is 0. The van der Waals surface area contributed by atoms with Gasteiger partial charge in [0.1, 0.15) is 11.4 Å². The number of fused-ring (bicyclic) bond motifs is 5. The third-order valence-electron chi connectivity index (χ3n) is 8.32. The molecule has 0 aromatic carbocycles. The molecule has 4 saturated carbocycles. The monoisotopic (exact) mass is 320 g/mol. The molecule has 0 spiro atoms. The van der Waals surface area contributed by atoms with E-state index in [-0.39, 0.29) is 23.5 Å². The first kappa shape index (κ1) is 15.8. The zero-order valence-corrected chi connectivity index (χ0v) is 14.2. The lowest BCUT2D eigenvalue weighted by Gasteiger charge is -2.62. The van der Waals surface area contributed by atoms with Crippen LogP contribution in [0.15, 0.2) is 0 Å². The number of ketones is 2. The van der Waals surface area contributed by atoms with Crippen LogP contribution in [0.4, 0.5) is 0 Å². The van der Waals surface area contributed by atoms with E-state index in [0.29, 0.717) is 43.3 Å². The molecule has 0 saturated heterocycles. The number of hydrogen-bond acceptors (Lipinski definition) is 4. The Morgan fingerprint density at radius 3 is 2.48 bits per heavy atom. The fourth-order valence-corrected chi connectivity index (χ4v) is 6.79. The second kappa shape index (κ2) is 4.66. The van der Waals surface area contributed by atoms with Crippen LogP contribution in [0.25, 0.3) is 0 Å². The number of carbonyl (C=O) groups is 2. The fraction of sp³-hybridized carbons (Fsp3) is 0.895. The molecule has 7 atom stereocenters. The predicted octanol–water partition coefficient (Wildman–Crippen LogP) is 2.25. The minimum absolute atomic E-state index is 0.0939. The largest absolute Gasteiger partial charge is 0.393 e. The molecule has 128 valence electrons. The summed E-state index contributed by atoms with van der Waals surface area (Å²) in [6.45, 7) is 4.16. The number of hydrogen-bond donors (Lipinski definition) is 2. The Hall–Kier alpha value is -0.740. The summed E-state index contributed by atoms with van der Waals surface area (Å²) >= 11 is 0. The molecule has 0 heterocycles. The highest BCUT2D eigenvalue weighted by Gasteiger charge is 2.67. The number of aliphatic hydroxyl groups is 2. The summed E-state index contributed by atoms with van der Waals surface area (Å²) in [5.41, 5.74) is -2.07. The normalized spacial score (nSPS) is 56.0. The predicted molar refractivity (Wildman–Crippen MR) is 84.6 cm³/mol. The third-order valence-corrected chi connectivity index (χ3v) is 8.32. The first-order valence-corrected chi connectivity index (χ1v) is 9.19. The molecule has 4 aliphatic carbocycles. The van der Waals surface area contributed by atoms with E-state index < -0.39 is 17.1 Å². The summed E-state index contributed by atoms with van der Waals surface area (Å²) in [7, 11) is 0. The minimum atomic E-state index is -1.37. The molecule has 0 aromatic heterocycles. The molecule has 4 fully saturated rings. The van der Waals surface area contributed by atoms with Crippen LogP contribution in [0.2, 0.25) is 0 Å². The summed E-state index contributed by atoms with van der Waals surface area (Å²) < 4.78 is 0. The van der Waals surface area contributed by atoms with Gasteiger partial charge in [-0.25, -0.2) is 0 Å². The molecule has 4 heteroatoms. The molecule has 4 nitrogen and oxygen atoms in total. The van der Waals surface area contributed by atoms with Gasteiger partial charge in [-0.3, -0.25) is 9.59 Å². The lowest BCUT2D eigenvalue weighted by atomic mass is 9.43. The second-order valence-electron chi connectivity index (χ2n) is 9.10. The highest BCUT2D eigenvalue weighted by Crippen LogP contribution is 2.65. The van der Waals surface area contributed by atoms with Crippen LogP contribution in [0.1, 0.15) is 65.2 Å². The van der Waals surface area contributed by atoms with E-state index in [4.69, 9.17) is 0 Å². The summed E-state index contributed by atoms with van der Waals surface area (Å²) in [5, 5.41) is 21.2. The van der Waals surface area contributed by atoms with Gasteiger partial charge in [0.05, 0.1) is 6.10 Å². The van der Waals surface area contributed by atoms with Gasteiger partial charge in [0.2, 0.25) is 0 Å². The van der Waals surface area contributed by atoms with Gasteiger partial charge in [0, 0.05) is 30.1 Å². The minimum Gasteiger partial charge on any atom is -0.393 e. The lowest BCUT2D eigenvalue weighted by Crippen LogP contribution is -2.67. The maximum absolute atomic E-state index is 12.9. The van der Waals surface area contributed by atoms with Crippen LogP contribution in [0, 0.1) is 28.6 Å². The molecule has 0 bridgehead atoms. The van der Waals surface area contributed by atoms with Gasteiger partial charge in [-0.2, -0.15) is 0 Å². The SMILES string of the molecule is C[C@]12CC[C@H]3[C@@H](CC(=O)[C@@]4(O)C[C@@H](O)CC[C@]34C)[C@@H]1CCC2=O. The molecule has 2 N–H and O–H groups in total. The Labute approximate surface area is 137 Å². The summed E-state index contributed by atoms with van der Waals surface area (Å²) in [4.78, 5) is 25.3. The van der Waals surface area contributed by atoms with Crippen LogP contribution >= 0.6 is 0 Å². The molecule has 0 amide bonds. The van der Waals surface area contributed by atoms with E-state index in [0.717, 1.165) is 19.3 Å². The molecule has 4 rings (SSSR count). The van der Waals surface area contributed by atoms with Crippen LogP contribution in [-0.4, -0.2) is 33.5 Å². The molecular formula is C19H28O4. The van der Waals surface area contributed by atoms with E-state index in [9.17, 15) is 19.8 Å². The zero-order chi connectivity index (χ0) is 16.6. The standard InChI is InChI=1S/C19H28O4/c1-17-7-6-14-12(13(17)3-4-15(17)21)9-16(22)19(23)10-11(20)5-8-18(14,19)2/h11-14,20,23H,3-10H2,1-2H3/t11-,12-,13-,14-,17-,18+,19-/m0/s1. The third kappa shape index (κ3) is 1.80. The van der Waals surface area contributed by atoms with Crippen LogP contribution in [0.3, 0.4) is 0 Å². The number of carbonyl (C=O) groups excluding carboxylic acids is 2. The Kier molecular flexibility index (Phi) is 3.20. The van der Waals surface area contributed by atoms with Crippen molar-refractivity contribution in [2.45, 2.75) is 76.9 Å². The second-order valence-corrected chi connectivity index (χ2v) is 9.10. The maximum Gasteiger partial charge on any atom is 0.165 e. The topological polar surface area (TPSA) is 74.6 Å². The van der Waals surface area contributed by atoms with Gasteiger partial charge in [-0.15, -0.1) is 0 Å². The van der Waals surface area contributed by atoms with E-state index >= 15 is 0 Å². The lowest BCUT2D eigenvalue weighted by molar-refractivity contribution is -0.211. The molecule has 0 aliphatic heterocycles. The molecule has 23 heavy (non-hydrogen) atoms. The van der Waals surface area contributed by atoms with Crippen molar-refractivity contribution < 1.29 is 19.8 Å². The van der Waals surface area contributed by atoms with Crippen molar-refractivity contribution in [1.82, 2.24) is 0 Å². The molecule has 0 radical (unpaired) electrons. The van der Waals surface area contributed by atoms with E-state index in [1.807, 2.05) is 0 Å². The number of Topliss-reactive ketones (excluding diaryl/α,β-unsaturated/α-hetero) is 2. The smallest absolute Gasteiger partial charge is 0.165 e. The van der Waals surface area contributed by atoms with Crippen molar-refractivity contribution in [2.75, 3.05) is 0 Å². The molecular weight excluding hydrogens is 292 g/mol. The summed E-state index contributed by atoms with van der Waals surface area (Å²) in [5.74, 6) is 1.10. The van der Waals surface area contributed by atoms with Crippen LogP contribution in [-0.2, 0) is 9.59 Å². The average molecular weight is 320 g/mol. The molecule has 0 unspecified atom stereocenters. The summed E-state index contributed by atoms with van der Waals surface area (Å²) in [6.07, 6.45) is 4.73. The van der Waals surface area contributed by atoms with Crippen LogP contribution in [0.5, 0.6) is 0 Å². The highest BCUT2D eigenvalue weighted by molar-refractivity contribution is 5.91. The van der Waals surface area contributed by atoms with Crippen molar-refractivity contribution in [3.05, 3.63) is 0 Å². The van der Waals surface area contributed by atoms with Crippen molar-refractivity contribution in [3.8, 4) is 0 Å². The maximum atomic E-state index is 12.9. The highest BCUT2D eigenvalue weighted by atomic mass is 16.3. The fourth-order valence-electron chi connectivity index (χ4n) is 6.79. The Morgan fingerprint density at radius 2 is 1.74 bits per heavy atom. The Balaban J connectivity index is 1.74. The molecule has 0 aromatic rings. The van der Waals surface area contributed by atoms with Crippen molar-refractivity contribution >= 4 is 11.6 Å². The van der Waals surface area contributed by atoms with Gasteiger partial charge < -0.3 is 10.2 Å². The summed E-state index contributed by atoms with van der Waals surface area (Å²) in [6, 6.07) is 0. The van der Waals surface area contributed by atoms with Gasteiger partial charge in [0.25, 0.3) is 0 Å². The Morgan fingerprint density at radius 1 is 1.00 bits per heavy atom.